The largest absolute Gasteiger partial charge is 0.493 e. The molecule has 0 unspecified atom stereocenters. The van der Waals surface area contributed by atoms with E-state index >= 15 is 0 Å². The van der Waals surface area contributed by atoms with Gasteiger partial charge in [-0.2, -0.15) is 0 Å². The van der Waals surface area contributed by atoms with Crippen LogP contribution in [-0.4, -0.2) is 43.0 Å². The number of nitrogens with one attached hydrogen (secondary N) is 1. The molecular weight excluding hydrogens is 496 g/mol. The van der Waals surface area contributed by atoms with E-state index in [2.05, 4.69) is 10.2 Å². The van der Waals surface area contributed by atoms with Crippen molar-refractivity contribution in [2.75, 3.05) is 31.6 Å². The van der Waals surface area contributed by atoms with Crippen molar-refractivity contribution < 1.29 is 23.5 Å². The number of rotatable bonds is 10. The second-order valence-corrected chi connectivity index (χ2v) is 10.2. The second kappa shape index (κ2) is 12.8. The van der Waals surface area contributed by atoms with Gasteiger partial charge in [-0.3, -0.25) is 9.59 Å². The van der Waals surface area contributed by atoms with E-state index in [-0.39, 0.29) is 5.69 Å². The highest BCUT2D eigenvalue weighted by Gasteiger charge is 2.16. The Labute approximate surface area is 228 Å². The lowest BCUT2D eigenvalue weighted by molar-refractivity contribution is -0.131. The summed E-state index contributed by atoms with van der Waals surface area (Å²) in [7, 11) is 0. The summed E-state index contributed by atoms with van der Waals surface area (Å²) in [6.45, 7) is 11.1. The van der Waals surface area contributed by atoms with Crippen LogP contribution in [0, 0.1) is 6.92 Å². The number of fused-ring (bicyclic) bond motifs is 1. The molecule has 0 bridgehead atoms. The molecule has 8 heteroatoms. The molecule has 2 aromatic carbocycles. The number of carbonyl (C=O) groups is 2. The van der Waals surface area contributed by atoms with Crippen LogP contribution in [0.3, 0.4) is 0 Å². The SMILES string of the molecule is CC(=O)Oc1ccc(C(=O)Nc2cc3ccc(OCCCN4CCCC4)c(C)c3oc2=O)cc1CC=C(C)C. The van der Waals surface area contributed by atoms with Crippen molar-refractivity contribution in [3.63, 3.8) is 0 Å². The summed E-state index contributed by atoms with van der Waals surface area (Å²) in [6, 6.07) is 10.1. The predicted molar refractivity (Wildman–Crippen MR) is 152 cm³/mol. The normalized spacial score (nSPS) is 13.3. The first-order chi connectivity index (χ1) is 18.7. The first-order valence-corrected chi connectivity index (χ1v) is 13.4. The van der Waals surface area contributed by atoms with Gasteiger partial charge in [0, 0.05) is 30.0 Å². The Hall–Kier alpha value is -3.91. The number of aryl methyl sites for hydroxylation is 1. The van der Waals surface area contributed by atoms with E-state index in [9.17, 15) is 14.4 Å². The molecule has 3 aromatic rings. The number of amides is 1. The molecule has 4 rings (SSSR count). The fourth-order valence-electron chi connectivity index (χ4n) is 4.67. The number of benzene rings is 2. The third-order valence-corrected chi connectivity index (χ3v) is 6.73. The van der Waals surface area contributed by atoms with Crippen LogP contribution in [0.25, 0.3) is 11.0 Å². The molecule has 1 aromatic heterocycles. The van der Waals surface area contributed by atoms with Crippen molar-refractivity contribution in [3.05, 3.63) is 75.2 Å². The average molecular weight is 533 g/mol. The van der Waals surface area contributed by atoms with Gasteiger partial charge in [0.25, 0.3) is 5.91 Å². The van der Waals surface area contributed by atoms with Crippen LogP contribution in [0.1, 0.15) is 61.5 Å². The molecule has 206 valence electrons. The summed E-state index contributed by atoms with van der Waals surface area (Å²) in [4.78, 5) is 39.8. The van der Waals surface area contributed by atoms with Gasteiger partial charge in [-0.15, -0.1) is 0 Å². The molecule has 1 amide bonds. The Morgan fingerprint density at radius 1 is 1.05 bits per heavy atom. The van der Waals surface area contributed by atoms with E-state index in [0.29, 0.717) is 46.6 Å². The zero-order chi connectivity index (χ0) is 27.9. The molecule has 0 atom stereocenters. The molecule has 0 aliphatic carbocycles. The van der Waals surface area contributed by atoms with E-state index in [1.807, 2.05) is 39.0 Å². The summed E-state index contributed by atoms with van der Waals surface area (Å²) >= 11 is 0. The van der Waals surface area contributed by atoms with Crippen LogP contribution in [0.4, 0.5) is 5.69 Å². The third kappa shape index (κ3) is 7.35. The molecule has 1 aliphatic heterocycles. The van der Waals surface area contributed by atoms with E-state index in [0.717, 1.165) is 37.2 Å². The van der Waals surface area contributed by atoms with Crippen LogP contribution in [0.2, 0.25) is 0 Å². The maximum absolute atomic E-state index is 13.1. The summed E-state index contributed by atoms with van der Waals surface area (Å²) in [6.07, 6.45) is 5.95. The lowest BCUT2D eigenvalue weighted by Gasteiger charge is -2.15. The first kappa shape index (κ1) is 28.1. The number of ether oxygens (including phenoxy) is 2. The van der Waals surface area contributed by atoms with Gasteiger partial charge in [0.2, 0.25) is 0 Å². The highest BCUT2D eigenvalue weighted by atomic mass is 16.5. The van der Waals surface area contributed by atoms with Gasteiger partial charge in [0.15, 0.2) is 0 Å². The number of esters is 1. The zero-order valence-corrected chi connectivity index (χ0v) is 23.1. The van der Waals surface area contributed by atoms with E-state index in [1.165, 1.54) is 19.8 Å². The zero-order valence-electron chi connectivity index (χ0n) is 23.1. The summed E-state index contributed by atoms with van der Waals surface area (Å²) in [5.74, 6) is 0.168. The molecule has 1 N–H and O–H groups in total. The third-order valence-electron chi connectivity index (χ3n) is 6.73. The molecule has 1 aliphatic rings. The van der Waals surface area contributed by atoms with Gasteiger partial charge in [-0.25, -0.2) is 4.79 Å². The van der Waals surface area contributed by atoms with Crippen molar-refractivity contribution in [1.29, 1.82) is 0 Å². The molecule has 0 radical (unpaired) electrons. The van der Waals surface area contributed by atoms with Crippen molar-refractivity contribution in [2.45, 2.75) is 53.4 Å². The minimum Gasteiger partial charge on any atom is -0.493 e. The lowest BCUT2D eigenvalue weighted by atomic mass is 10.0. The van der Waals surface area contributed by atoms with E-state index < -0.39 is 17.5 Å². The maximum Gasteiger partial charge on any atom is 0.360 e. The number of hydrogen-bond acceptors (Lipinski definition) is 7. The fourth-order valence-corrected chi connectivity index (χ4v) is 4.67. The highest BCUT2D eigenvalue weighted by molar-refractivity contribution is 6.05. The molecule has 2 heterocycles. The molecular formula is C31H36N2O6. The summed E-state index contributed by atoms with van der Waals surface area (Å²) in [5.41, 5.74) is 2.69. The summed E-state index contributed by atoms with van der Waals surface area (Å²) < 4.78 is 16.9. The molecule has 1 fully saturated rings. The van der Waals surface area contributed by atoms with Gasteiger partial charge >= 0.3 is 11.6 Å². The van der Waals surface area contributed by atoms with Gasteiger partial charge in [-0.05, 0) is 102 Å². The Bertz CT molecular complexity index is 1450. The molecule has 0 spiro atoms. The molecule has 1 saturated heterocycles. The topological polar surface area (TPSA) is 98.1 Å². The minimum absolute atomic E-state index is 0.0427. The van der Waals surface area contributed by atoms with E-state index in [1.54, 1.807) is 24.3 Å². The van der Waals surface area contributed by atoms with Crippen LogP contribution >= 0.6 is 0 Å². The number of hydrogen-bond donors (Lipinski definition) is 1. The van der Waals surface area contributed by atoms with Crippen molar-refractivity contribution in [2.24, 2.45) is 0 Å². The van der Waals surface area contributed by atoms with Gasteiger partial charge < -0.3 is 24.1 Å². The van der Waals surface area contributed by atoms with Crippen molar-refractivity contribution in [3.8, 4) is 11.5 Å². The predicted octanol–water partition coefficient (Wildman–Crippen LogP) is 5.65. The number of likely N-dealkylation sites (tertiary alicyclic amines) is 1. The van der Waals surface area contributed by atoms with E-state index in [4.69, 9.17) is 13.9 Å². The fraction of sp³-hybridized carbons (Fsp3) is 0.387. The molecule has 0 saturated carbocycles. The van der Waals surface area contributed by atoms with Crippen LogP contribution in [-0.2, 0) is 11.2 Å². The minimum atomic E-state index is -0.647. The Balaban J connectivity index is 1.49. The average Bonchev–Trinajstić information content (AvgIpc) is 3.41. The number of anilines is 1. The standard InChI is InChI=1S/C31H36N2O6/c1-20(2)8-9-23-18-25(11-13-28(23)38-22(4)34)30(35)32-26-19-24-10-12-27(21(3)29(24)39-31(26)36)37-17-7-16-33-14-5-6-15-33/h8,10-13,18-19H,5-7,9,14-17H2,1-4H3,(H,32,35). The maximum atomic E-state index is 13.1. The highest BCUT2D eigenvalue weighted by Crippen LogP contribution is 2.28. The van der Waals surface area contributed by atoms with Gasteiger partial charge in [0.05, 0.1) is 6.61 Å². The van der Waals surface area contributed by atoms with Crippen molar-refractivity contribution in [1.82, 2.24) is 4.90 Å². The van der Waals surface area contributed by atoms with Gasteiger partial charge in [-0.1, -0.05) is 11.6 Å². The molecule has 39 heavy (non-hydrogen) atoms. The monoisotopic (exact) mass is 532 g/mol. The van der Waals surface area contributed by atoms with Crippen LogP contribution < -0.4 is 20.4 Å². The lowest BCUT2D eigenvalue weighted by Crippen LogP contribution is -2.22. The van der Waals surface area contributed by atoms with Crippen LogP contribution in [0.5, 0.6) is 11.5 Å². The Morgan fingerprint density at radius 3 is 2.51 bits per heavy atom. The first-order valence-electron chi connectivity index (χ1n) is 13.4. The summed E-state index contributed by atoms with van der Waals surface area (Å²) in [5, 5.41) is 3.35. The second-order valence-electron chi connectivity index (χ2n) is 10.2. The Kier molecular flexibility index (Phi) is 9.19. The number of nitrogens with zero attached hydrogens (tertiary/aromatic N) is 1. The quantitative estimate of drug-likeness (QED) is 0.118. The number of carbonyl (C=O) groups excluding carboxylic acids is 2. The smallest absolute Gasteiger partial charge is 0.360 e. The molecule has 8 nitrogen and oxygen atoms in total. The number of allylic oxidation sites excluding steroid dienone is 2. The van der Waals surface area contributed by atoms with Crippen LogP contribution in [0.15, 0.2) is 57.3 Å². The Morgan fingerprint density at radius 2 is 1.79 bits per heavy atom. The van der Waals surface area contributed by atoms with Crippen molar-refractivity contribution >= 4 is 28.5 Å². The van der Waals surface area contributed by atoms with Gasteiger partial charge in [0.1, 0.15) is 22.8 Å².